The lowest BCUT2D eigenvalue weighted by Crippen LogP contribution is -2.28. The zero-order valence-corrected chi connectivity index (χ0v) is 36.1. The highest BCUT2D eigenvalue weighted by Crippen LogP contribution is 2.19. The fourth-order valence-corrected chi connectivity index (χ4v) is 6.75. The van der Waals surface area contributed by atoms with Gasteiger partial charge in [0.05, 0.1) is 12.7 Å². The van der Waals surface area contributed by atoms with Crippen molar-refractivity contribution in [3.05, 3.63) is 0 Å². The molecule has 0 spiro atoms. The van der Waals surface area contributed by atoms with E-state index in [1.165, 1.54) is 128 Å². The molecule has 1 atom stereocenters. The monoisotopic (exact) mass is 756 g/mol. The largest absolute Gasteiger partial charge is 0.508 e. The van der Waals surface area contributed by atoms with Gasteiger partial charge in [-0.3, -0.25) is 0 Å². The fourth-order valence-electron chi connectivity index (χ4n) is 6.75. The molecule has 53 heavy (non-hydrogen) atoms. The second-order valence-corrected chi connectivity index (χ2v) is 15.8. The minimum atomic E-state index is -0.624. The molecule has 0 aromatic carbocycles. The van der Waals surface area contributed by atoms with Crippen LogP contribution in [0, 0.1) is 0 Å². The molecule has 0 aliphatic heterocycles. The highest BCUT2D eigenvalue weighted by atomic mass is 16.7. The van der Waals surface area contributed by atoms with Gasteiger partial charge in [0.15, 0.2) is 0 Å². The molecule has 0 fully saturated rings. The van der Waals surface area contributed by atoms with Crippen molar-refractivity contribution in [2.75, 3.05) is 40.5 Å². The summed E-state index contributed by atoms with van der Waals surface area (Å²) in [5, 5.41) is 0. The molecular weight excluding hydrogens is 666 g/mol. The van der Waals surface area contributed by atoms with Crippen molar-refractivity contribution in [3.63, 3.8) is 0 Å². The van der Waals surface area contributed by atoms with Crippen LogP contribution in [0.4, 0.5) is 9.59 Å². The van der Waals surface area contributed by atoms with Crippen molar-refractivity contribution < 1.29 is 33.3 Å². The van der Waals surface area contributed by atoms with E-state index in [4.69, 9.17) is 23.7 Å². The van der Waals surface area contributed by atoms with Crippen LogP contribution < -0.4 is 0 Å². The first kappa shape index (κ1) is 51.5. The number of hydrogen-bond donors (Lipinski definition) is 0. The number of rotatable bonds is 40. The predicted molar refractivity (Wildman–Crippen MR) is 222 cm³/mol. The van der Waals surface area contributed by atoms with Gasteiger partial charge < -0.3 is 28.6 Å². The minimum Gasteiger partial charge on any atom is -0.434 e. The molecule has 8 heteroatoms. The third kappa shape index (κ3) is 37.2. The predicted octanol–water partition coefficient (Wildman–Crippen LogP) is 13.8. The molecule has 0 heterocycles. The van der Waals surface area contributed by atoms with Gasteiger partial charge in [-0.1, -0.05) is 156 Å². The van der Waals surface area contributed by atoms with Crippen LogP contribution >= 0.6 is 0 Å². The van der Waals surface area contributed by atoms with Gasteiger partial charge in [-0.2, -0.15) is 0 Å². The summed E-state index contributed by atoms with van der Waals surface area (Å²) < 4.78 is 29.1. The summed E-state index contributed by atoms with van der Waals surface area (Å²) in [7, 11) is 4.07. The van der Waals surface area contributed by atoms with E-state index in [2.05, 4.69) is 32.6 Å². The van der Waals surface area contributed by atoms with Crippen molar-refractivity contribution in [2.24, 2.45) is 0 Å². The van der Waals surface area contributed by atoms with E-state index in [9.17, 15) is 9.59 Å². The van der Waals surface area contributed by atoms with Crippen LogP contribution in [0.2, 0.25) is 0 Å². The van der Waals surface area contributed by atoms with Gasteiger partial charge in [-0.15, -0.1) is 0 Å². The molecule has 0 amide bonds. The Balaban J connectivity index is 5.01. The number of ether oxygens (including phenoxy) is 5. The SMILES string of the molecule is CCCCCCCCC(CCCCCCCC)OC(=O)OCCC(COC(=O)OC(CCCCCCCC)CCCCCCCC)OCCCN(C)C. The Morgan fingerprint density at radius 3 is 1.15 bits per heavy atom. The lowest BCUT2D eigenvalue weighted by atomic mass is 10.0. The summed E-state index contributed by atoms with van der Waals surface area (Å²) in [5.74, 6) is 0. The molecular formula is C45H89NO7. The summed E-state index contributed by atoms with van der Waals surface area (Å²) in [4.78, 5) is 27.9. The number of carbonyl (C=O) groups excluding carboxylic acids is 2. The molecule has 0 radical (unpaired) electrons. The first-order chi connectivity index (χ1) is 25.9. The molecule has 0 aromatic rings. The van der Waals surface area contributed by atoms with Gasteiger partial charge in [0.2, 0.25) is 0 Å². The molecule has 0 rings (SSSR count). The lowest BCUT2D eigenvalue weighted by Gasteiger charge is -2.21. The zero-order valence-electron chi connectivity index (χ0n) is 36.1. The van der Waals surface area contributed by atoms with Crippen LogP contribution in [0.3, 0.4) is 0 Å². The van der Waals surface area contributed by atoms with Crippen LogP contribution in [0.1, 0.15) is 220 Å². The molecule has 0 saturated carbocycles. The van der Waals surface area contributed by atoms with Gasteiger partial charge in [0.1, 0.15) is 18.8 Å². The highest BCUT2D eigenvalue weighted by Gasteiger charge is 2.20. The average molecular weight is 756 g/mol. The van der Waals surface area contributed by atoms with Crippen LogP contribution in [0.25, 0.3) is 0 Å². The van der Waals surface area contributed by atoms with Crippen molar-refractivity contribution in [1.82, 2.24) is 4.90 Å². The highest BCUT2D eigenvalue weighted by molar-refractivity contribution is 5.60. The van der Waals surface area contributed by atoms with Crippen molar-refractivity contribution in [1.29, 1.82) is 0 Å². The Hall–Kier alpha value is -1.54. The Labute approximate surface area is 328 Å². The lowest BCUT2D eigenvalue weighted by molar-refractivity contribution is -0.0432. The molecule has 316 valence electrons. The van der Waals surface area contributed by atoms with Crippen molar-refractivity contribution in [2.45, 2.75) is 239 Å². The molecule has 0 aliphatic carbocycles. The normalized spacial score (nSPS) is 12.2. The maximum Gasteiger partial charge on any atom is 0.508 e. The maximum atomic E-state index is 12.9. The number of nitrogens with zero attached hydrogens (tertiary/aromatic N) is 1. The maximum absolute atomic E-state index is 12.9. The Bertz CT molecular complexity index is 748. The van der Waals surface area contributed by atoms with E-state index in [0.29, 0.717) is 13.0 Å². The first-order valence-corrected chi connectivity index (χ1v) is 22.8. The van der Waals surface area contributed by atoms with Gasteiger partial charge in [0, 0.05) is 13.0 Å². The smallest absolute Gasteiger partial charge is 0.434 e. The summed E-state index contributed by atoms with van der Waals surface area (Å²) in [5.41, 5.74) is 0. The zero-order chi connectivity index (χ0) is 39.0. The number of carbonyl (C=O) groups is 2. The average Bonchev–Trinajstić information content (AvgIpc) is 3.14. The van der Waals surface area contributed by atoms with Crippen LogP contribution in [-0.2, 0) is 23.7 Å². The number of unbranched alkanes of at least 4 members (excludes halogenated alkanes) is 20. The van der Waals surface area contributed by atoms with E-state index in [1.54, 1.807) is 0 Å². The molecule has 0 aliphatic rings. The summed E-state index contributed by atoms with van der Waals surface area (Å²) in [6.07, 6.45) is 32.2. The van der Waals surface area contributed by atoms with E-state index in [0.717, 1.165) is 64.3 Å². The van der Waals surface area contributed by atoms with Gasteiger partial charge in [-0.25, -0.2) is 9.59 Å². The van der Waals surface area contributed by atoms with Gasteiger partial charge >= 0.3 is 12.3 Å². The third-order valence-corrected chi connectivity index (χ3v) is 10.2. The van der Waals surface area contributed by atoms with Gasteiger partial charge in [0.25, 0.3) is 0 Å². The van der Waals surface area contributed by atoms with Crippen LogP contribution in [0.15, 0.2) is 0 Å². The standard InChI is InChI=1S/C45H89NO7/c1-7-11-15-19-23-27-32-41(33-28-24-20-16-12-8-2)52-44(47)50-39-36-43(49-38-31-37-46(5)6)40-51-45(48)53-42(34-29-25-21-17-13-9-3)35-30-26-22-18-14-10-4/h41-43H,7-40H2,1-6H3. The summed E-state index contributed by atoms with van der Waals surface area (Å²) >= 11 is 0. The van der Waals surface area contributed by atoms with Crippen molar-refractivity contribution in [3.8, 4) is 0 Å². The summed E-state index contributed by atoms with van der Waals surface area (Å²) in [6.45, 7) is 10.6. The topological polar surface area (TPSA) is 83.5 Å². The molecule has 0 saturated heterocycles. The van der Waals surface area contributed by atoms with E-state index < -0.39 is 18.4 Å². The second-order valence-electron chi connectivity index (χ2n) is 15.8. The molecule has 8 nitrogen and oxygen atoms in total. The first-order valence-electron chi connectivity index (χ1n) is 22.8. The Kier molecular flexibility index (Phi) is 39.0. The van der Waals surface area contributed by atoms with Crippen LogP contribution in [0.5, 0.6) is 0 Å². The summed E-state index contributed by atoms with van der Waals surface area (Å²) in [6, 6.07) is 0. The minimum absolute atomic E-state index is 0.0681. The van der Waals surface area contributed by atoms with Crippen molar-refractivity contribution >= 4 is 12.3 Å². The van der Waals surface area contributed by atoms with E-state index in [1.807, 2.05) is 14.1 Å². The van der Waals surface area contributed by atoms with E-state index in [-0.39, 0.29) is 25.4 Å². The molecule has 0 bridgehead atoms. The Morgan fingerprint density at radius 2 is 0.774 bits per heavy atom. The van der Waals surface area contributed by atoms with Crippen LogP contribution in [-0.4, -0.2) is 76.0 Å². The van der Waals surface area contributed by atoms with E-state index >= 15 is 0 Å². The fraction of sp³-hybridized carbons (Fsp3) is 0.956. The second kappa shape index (κ2) is 40.1. The quantitative estimate of drug-likeness (QED) is 0.0451. The number of hydrogen-bond acceptors (Lipinski definition) is 8. The molecule has 1 unspecified atom stereocenters. The van der Waals surface area contributed by atoms with Gasteiger partial charge in [-0.05, 0) is 78.4 Å². The third-order valence-electron chi connectivity index (χ3n) is 10.2. The molecule has 0 N–H and O–H groups in total. The molecule has 0 aromatic heterocycles. The Morgan fingerprint density at radius 1 is 0.415 bits per heavy atom.